The first-order valence-electron chi connectivity index (χ1n) is 10.8. The van der Waals surface area contributed by atoms with Gasteiger partial charge in [0.2, 0.25) is 6.10 Å². The van der Waals surface area contributed by atoms with Crippen LogP contribution in [0.3, 0.4) is 0 Å². The van der Waals surface area contributed by atoms with Crippen LogP contribution in [0.25, 0.3) is 0 Å². The fourth-order valence-electron chi connectivity index (χ4n) is 7.34. The number of rotatable bonds is 4. The summed E-state index contributed by atoms with van der Waals surface area (Å²) in [6.45, 7) is 3.76. The molecule has 0 aromatic rings. The molecule has 9 nitrogen and oxygen atoms in total. The van der Waals surface area contributed by atoms with E-state index in [2.05, 4.69) is 8.92 Å². The van der Waals surface area contributed by atoms with Gasteiger partial charge in [0.05, 0.1) is 13.2 Å². The first-order chi connectivity index (χ1) is 14.8. The van der Waals surface area contributed by atoms with Crippen LogP contribution in [0.15, 0.2) is 23.8 Å². The SMILES string of the molecule is COC(=O)[C@@H](OS(=O)(=O)O)[C@@]1(O)CC[C@H]2[C@@H]3CCC4=CC(=O)C=C[C@]4(C)[C@H]3[C@@H](O)C[C@@]21C. The van der Waals surface area contributed by atoms with Gasteiger partial charge in [-0.1, -0.05) is 25.5 Å². The van der Waals surface area contributed by atoms with E-state index in [1.165, 1.54) is 6.08 Å². The second-order valence-electron chi connectivity index (χ2n) is 10.1. The Balaban J connectivity index is 1.74. The van der Waals surface area contributed by atoms with Crippen LogP contribution in [0.2, 0.25) is 0 Å². The van der Waals surface area contributed by atoms with Gasteiger partial charge in [0.25, 0.3) is 0 Å². The number of hydrogen-bond donors (Lipinski definition) is 3. The number of aliphatic hydroxyl groups is 2. The highest BCUT2D eigenvalue weighted by atomic mass is 32.3. The maximum Gasteiger partial charge on any atom is 0.398 e. The third-order valence-electron chi connectivity index (χ3n) is 8.78. The molecule has 0 unspecified atom stereocenters. The zero-order chi connectivity index (χ0) is 23.7. The normalized spacial score (nSPS) is 44.2. The Kier molecular flexibility index (Phi) is 5.49. The van der Waals surface area contributed by atoms with Gasteiger partial charge >= 0.3 is 16.4 Å². The maximum atomic E-state index is 12.4. The van der Waals surface area contributed by atoms with Gasteiger partial charge in [-0.2, -0.15) is 8.42 Å². The molecule has 0 amide bonds. The van der Waals surface area contributed by atoms with E-state index in [0.717, 1.165) is 12.7 Å². The molecule has 8 atom stereocenters. The lowest BCUT2D eigenvalue weighted by Gasteiger charge is -2.60. The molecule has 0 heterocycles. The van der Waals surface area contributed by atoms with E-state index in [0.29, 0.717) is 19.3 Å². The Morgan fingerprint density at radius 2 is 1.97 bits per heavy atom. The van der Waals surface area contributed by atoms with Crippen LogP contribution in [0.5, 0.6) is 0 Å². The van der Waals surface area contributed by atoms with Crippen molar-refractivity contribution in [3.05, 3.63) is 23.8 Å². The van der Waals surface area contributed by atoms with Gasteiger partial charge in [-0.3, -0.25) is 9.35 Å². The first kappa shape index (κ1) is 23.6. The van der Waals surface area contributed by atoms with Crippen molar-refractivity contribution in [3.8, 4) is 0 Å². The minimum atomic E-state index is -5.06. The van der Waals surface area contributed by atoms with Crippen molar-refractivity contribution < 1.29 is 41.7 Å². The summed E-state index contributed by atoms with van der Waals surface area (Å²) < 4.78 is 41.5. The molecule has 0 radical (unpaired) electrons. The fourth-order valence-corrected chi connectivity index (χ4v) is 7.82. The Bertz CT molecular complexity index is 1000. The molecule has 0 saturated heterocycles. The standard InChI is InChI=1S/C22H30O9S/c1-20-8-6-13(23)10-12(20)4-5-14-15-7-9-22(26,21(15,2)11-16(24)17(14)20)18(19(25)30-3)31-32(27,28)29/h6,8,10,14-18,24,26H,4-5,7,9,11H2,1-3H3,(H,27,28,29)/t14-,15-,16-,17+,18+,20-,21-,22-/m0/s1. The lowest BCUT2D eigenvalue weighted by atomic mass is 9.46. The van der Waals surface area contributed by atoms with Gasteiger partial charge < -0.3 is 14.9 Å². The molecule has 0 aromatic carbocycles. The van der Waals surface area contributed by atoms with E-state index in [1.807, 2.05) is 13.0 Å². The van der Waals surface area contributed by atoms with Crippen LogP contribution in [0.4, 0.5) is 0 Å². The summed E-state index contributed by atoms with van der Waals surface area (Å²) in [6, 6.07) is 0. The van der Waals surface area contributed by atoms with Crippen LogP contribution in [-0.4, -0.2) is 59.9 Å². The van der Waals surface area contributed by atoms with Crippen molar-refractivity contribution in [1.82, 2.24) is 0 Å². The Labute approximate surface area is 187 Å². The molecule has 3 saturated carbocycles. The van der Waals surface area contributed by atoms with E-state index in [-0.39, 0.29) is 36.4 Å². The van der Waals surface area contributed by atoms with Crippen LogP contribution in [0, 0.1) is 28.6 Å². The smallest absolute Gasteiger partial charge is 0.398 e. The van der Waals surface area contributed by atoms with Crippen LogP contribution < -0.4 is 0 Å². The van der Waals surface area contributed by atoms with E-state index in [1.54, 1.807) is 13.0 Å². The number of hydrogen-bond acceptors (Lipinski definition) is 8. The summed E-state index contributed by atoms with van der Waals surface area (Å²) in [5.74, 6) is -1.53. The highest BCUT2D eigenvalue weighted by Gasteiger charge is 2.69. The second kappa shape index (κ2) is 7.46. The Morgan fingerprint density at radius 1 is 1.28 bits per heavy atom. The molecule has 0 bridgehead atoms. The van der Waals surface area contributed by atoms with Crippen LogP contribution in [-0.2, 0) is 28.9 Å². The third-order valence-corrected chi connectivity index (χ3v) is 9.21. The van der Waals surface area contributed by atoms with E-state index in [9.17, 15) is 32.8 Å². The van der Waals surface area contributed by atoms with Crippen molar-refractivity contribution in [2.75, 3.05) is 7.11 Å². The topological polar surface area (TPSA) is 147 Å². The van der Waals surface area contributed by atoms with Crippen LogP contribution >= 0.6 is 0 Å². The number of esters is 1. The summed E-state index contributed by atoms with van der Waals surface area (Å²) in [5, 5.41) is 23.1. The molecule has 32 heavy (non-hydrogen) atoms. The number of methoxy groups -OCH3 is 1. The van der Waals surface area contributed by atoms with Gasteiger partial charge in [-0.15, -0.1) is 0 Å². The minimum Gasteiger partial charge on any atom is -0.467 e. The maximum absolute atomic E-state index is 12.4. The number of fused-ring (bicyclic) bond motifs is 5. The molecular weight excluding hydrogens is 440 g/mol. The molecule has 4 rings (SSSR count). The molecule has 178 valence electrons. The van der Waals surface area contributed by atoms with Crippen molar-refractivity contribution in [1.29, 1.82) is 0 Å². The second-order valence-corrected chi connectivity index (χ2v) is 11.1. The zero-order valence-corrected chi connectivity index (χ0v) is 19.2. The number of aliphatic hydroxyl groups excluding tert-OH is 1. The van der Waals surface area contributed by atoms with Crippen molar-refractivity contribution in [2.45, 2.75) is 63.8 Å². The van der Waals surface area contributed by atoms with Gasteiger partial charge in [-0.05, 0) is 56.1 Å². The predicted molar refractivity (Wildman–Crippen MR) is 111 cm³/mol. The zero-order valence-electron chi connectivity index (χ0n) is 18.4. The molecule has 0 aliphatic heterocycles. The summed E-state index contributed by atoms with van der Waals surface area (Å²) in [4.78, 5) is 24.4. The molecule has 0 aromatic heterocycles. The number of carbonyl (C=O) groups excluding carboxylic acids is 2. The number of ketones is 1. The van der Waals surface area contributed by atoms with Gasteiger partial charge in [0, 0.05) is 16.7 Å². The van der Waals surface area contributed by atoms with Gasteiger partial charge in [0.1, 0.15) is 5.60 Å². The summed E-state index contributed by atoms with van der Waals surface area (Å²) in [6.07, 6.45) is 4.23. The average Bonchev–Trinajstić information content (AvgIpc) is 2.96. The molecule has 3 N–H and O–H groups in total. The van der Waals surface area contributed by atoms with Gasteiger partial charge in [0.15, 0.2) is 5.78 Å². The van der Waals surface area contributed by atoms with Crippen molar-refractivity contribution in [2.24, 2.45) is 28.6 Å². The largest absolute Gasteiger partial charge is 0.467 e. The highest BCUT2D eigenvalue weighted by Crippen LogP contribution is 2.67. The van der Waals surface area contributed by atoms with Crippen LogP contribution in [0.1, 0.15) is 46.0 Å². The summed E-state index contributed by atoms with van der Waals surface area (Å²) in [7, 11) is -4.02. The third kappa shape index (κ3) is 3.30. The van der Waals surface area contributed by atoms with Crippen molar-refractivity contribution >= 4 is 22.2 Å². The Morgan fingerprint density at radius 3 is 2.59 bits per heavy atom. The average molecular weight is 471 g/mol. The van der Waals surface area contributed by atoms with E-state index >= 15 is 0 Å². The van der Waals surface area contributed by atoms with E-state index < -0.39 is 45.0 Å². The Hall–Kier alpha value is -1.59. The number of carbonyl (C=O) groups is 2. The number of ether oxygens (including phenoxy) is 1. The molecular formula is C22H30O9S. The molecule has 3 fully saturated rings. The lowest BCUT2D eigenvalue weighted by Crippen LogP contribution is -2.64. The van der Waals surface area contributed by atoms with Crippen molar-refractivity contribution in [3.63, 3.8) is 0 Å². The molecule has 4 aliphatic carbocycles. The van der Waals surface area contributed by atoms with Gasteiger partial charge in [-0.25, -0.2) is 8.98 Å². The molecule has 10 heteroatoms. The predicted octanol–water partition coefficient (Wildman–Crippen LogP) is 1.36. The van der Waals surface area contributed by atoms with E-state index in [4.69, 9.17) is 0 Å². The molecule has 4 aliphatic rings. The quantitative estimate of drug-likeness (QED) is 0.409. The highest BCUT2D eigenvalue weighted by molar-refractivity contribution is 7.80. The monoisotopic (exact) mass is 470 g/mol. The summed E-state index contributed by atoms with van der Waals surface area (Å²) >= 11 is 0. The summed E-state index contributed by atoms with van der Waals surface area (Å²) in [5.41, 5.74) is -2.54. The molecule has 0 spiro atoms. The lowest BCUT2D eigenvalue weighted by molar-refractivity contribution is -0.204. The fraction of sp³-hybridized carbons (Fsp3) is 0.727. The first-order valence-corrected chi connectivity index (χ1v) is 12.2. The minimum absolute atomic E-state index is 0.0261. The number of allylic oxidation sites excluding steroid dienone is 4.